The van der Waals surface area contributed by atoms with Gasteiger partial charge in [-0.25, -0.2) is 4.79 Å². The Morgan fingerprint density at radius 2 is 2.05 bits per heavy atom. The summed E-state index contributed by atoms with van der Waals surface area (Å²) in [5.41, 5.74) is 0.487. The van der Waals surface area contributed by atoms with Gasteiger partial charge in [0, 0.05) is 12.1 Å². The van der Waals surface area contributed by atoms with Gasteiger partial charge in [-0.15, -0.1) is 0 Å². The van der Waals surface area contributed by atoms with Crippen molar-refractivity contribution in [3.8, 4) is 0 Å². The second-order valence-corrected chi connectivity index (χ2v) is 4.20. The number of nitrogens with one attached hydrogen (secondary N) is 2. The quantitative estimate of drug-likeness (QED) is 0.629. The largest absolute Gasteiger partial charge is 0.363 e. The number of nitrogens with zero attached hydrogens (tertiary/aromatic N) is 2. The van der Waals surface area contributed by atoms with Gasteiger partial charge in [0.1, 0.15) is 0 Å². The predicted octanol–water partition coefficient (Wildman–Crippen LogP) is 1.15. The zero-order valence-corrected chi connectivity index (χ0v) is 10.8. The second-order valence-electron chi connectivity index (χ2n) is 4.20. The van der Waals surface area contributed by atoms with E-state index in [-0.39, 0.29) is 17.4 Å². The van der Waals surface area contributed by atoms with Gasteiger partial charge in [-0.2, -0.15) is 0 Å². The number of amides is 3. The lowest BCUT2D eigenvalue weighted by atomic mass is 10.1. The Morgan fingerprint density at radius 1 is 1.42 bits per heavy atom. The number of urea groups is 1. The maximum atomic E-state index is 11.8. The molecule has 1 heterocycles. The van der Waals surface area contributed by atoms with E-state index in [4.69, 9.17) is 0 Å². The third-order valence-electron chi connectivity index (χ3n) is 2.17. The van der Waals surface area contributed by atoms with Gasteiger partial charge in [-0.1, -0.05) is 0 Å². The van der Waals surface area contributed by atoms with Crippen LogP contribution in [0.1, 0.15) is 29.8 Å². The molecule has 1 aromatic heterocycles. The van der Waals surface area contributed by atoms with Crippen LogP contribution in [0, 0.1) is 17.0 Å². The Hall–Kier alpha value is -2.51. The van der Waals surface area contributed by atoms with Crippen LogP contribution in [0.15, 0.2) is 12.3 Å². The number of carbonyl (C=O) groups excluding carboxylic acids is 2. The summed E-state index contributed by atoms with van der Waals surface area (Å²) >= 11 is 0. The summed E-state index contributed by atoms with van der Waals surface area (Å²) in [6.07, 6.45) is 1.07. The first-order valence-corrected chi connectivity index (χ1v) is 5.54. The number of pyridine rings is 1. The summed E-state index contributed by atoms with van der Waals surface area (Å²) in [5.74, 6) is -1.00. The molecule has 1 aromatic rings. The van der Waals surface area contributed by atoms with Gasteiger partial charge in [0.05, 0.1) is 5.56 Å². The van der Waals surface area contributed by atoms with Crippen molar-refractivity contribution in [1.29, 1.82) is 0 Å². The molecule has 0 spiro atoms. The molecule has 3 amide bonds. The van der Waals surface area contributed by atoms with E-state index in [9.17, 15) is 19.7 Å². The first kappa shape index (κ1) is 14.6. The molecule has 0 aromatic carbocycles. The van der Waals surface area contributed by atoms with Crippen LogP contribution < -0.4 is 10.6 Å². The van der Waals surface area contributed by atoms with Gasteiger partial charge < -0.3 is 15.4 Å². The van der Waals surface area contributed by atoms with Crippen molar-refractivity contribution in [1.82, 2.24) is 15.6 Å². The molecule has 0 bridgehead atoms. The Labute approximate surface area is 109 Å². The maximum Gasteiger partial charge on any atom is 0.363 e. The summed E-state index contributed by atoms with van der Waals surface area (Å²) in [4.78, 5) is 36.5. The van der Waals surface area contributed by atoms with Crippen LogP contribution in [0.5, 0.6) is 0 Å². The van der Waals surface area contributed by atoms with Crippen molar-refractivity contribution >= 4 is 17.8 Å². The fraction of sp³-hybridized carbons (Fsp3) is 0.364. The van der Waals surface area contributed by atoms with Gasteiger partial charge in [-0.05, 0) is 36.2 Å². The number of imide groups is 1. The molecular weight excluding hydrogens is 252 g/mol. The zero-order valence-electron chi connectivity index (χ0n) is 10.8. The molecule has 8 heteroatoms. The first-order chi connectivity index (χ1) is 8.81. The number of nitro groups is 1. The minimum absolute atomic E-state index is 0.108. The van der Waals surface area contributed by atoms with Gasteiger partial charge in [0.25, 0.3) is 5.91 Å². The highest BCUT2D eigenvalue weighted by atomic mass is 16.6. The molecule has 0 saturated heterocycles. The number of hydrogen-bond acceptors (Lipinski definition) is 5. The molecule has 19 heavy (non-hydrogen) atoms. The molecule has 0 saturated carbocycles. The summed E-state index contributed by atoms with van der Waals surface area (Å²) in [6.45, 7) is 5.04. The van der Waals surface area contributed by atoms with Crippen molar-refractivity contribution < 1.29 is 14.5 Å². The third kappa shape index (κ3) is 4.02. The highest BCUT2D eigenvalue weighted by Gasteiger charge is 2.18. The maximum absolute atomic E-state index is 11.8. The van der Waals surface area contributed by atoms with E-state index in [1.165, 1.54) is 13.0 Å². The predicted molar refractivity (Wildman–Crippen MR) is 66.8 cm³/mol. The molecule has 0 radical (unpaired) electrons. The van der Waals surface area contributed by atoms with Crippen LogP contribution in [-0.4, -0.2) is 27.9 Å². The van der Waals surface area contributed by atoms with Crippen LogP contribution in [0.3, 0.4) is 0 Å². The summed E-state index contributed by atoms with van der Waals surface area (Å²) < 4.78 is 0. The summed E-state index contributed by atoms with van der Waals surface area (Å²) in [7, 11) is 0. The van der Waals surface area contributed by atoms with Crippen LogP contribution in [0.2, 0.25) is 0 Å². The average molecular weight is 266 g/mol. The number of aryl methyl sites for hydroxylation is 1. The lowest BCUT2D eigenvalue weighted by Gasteiger charge is -2.09. The lowest BCUT2D eigenvalue weighted by Crippen LogP contribution is -2.42. The Kier molecular flexibility index (Phi) is 4.51. The van der Waals surface area contributed by atoms with Gasteiger partial charge in [-0.3, -0.25) is 10.1 Å². The Bertz CT molecular complexity index is 527. The van der Waals surface area contributed by atoms with Crippen molar-refractivity contribution in [2.75, 3.05) is 0 Å². The normalized spacial score (nSPS) is 10.1. The standard InChI is InChI=1S/C11H14N4O4/c1-6(2)13-11(17)14-10(16)8-5-12-9(15(18)19)4-7(8)3/h4-6H,1-3H3,(H2,13,14,16,17). The first-order valence-electron chi connectivity index (χ1n) is 5.54. The monoisotopic (exact) mass is 266 g/mol. The highest BCUT2D eigenvalue weighted by Crippen LogP contribution is 2.13. The number of carbonyl (C=O) groups is 2. The van der Waals surface area contributed by atoms with E-state index >= 15 is 0 Å². The van der Waals surface area contributed by atoms with Crippen molar-refractivity contribution in [2.24, 2.45) is 0 Å². The fourth-order valence-electron chi connectivity index (χ4n) is 1.35. The zero-order chi connectivity index (χ0) is 14.6. The minimum atomic E-state index is -0.655. The number of rotatable bonds is 3. The van der Waals surface area contributed by atoms with Crippen molar-refractivity contribution in [2.45, 2.75) is 26.8 Å². The number of aromatic nitrogens is 1. The molecule has 0 fully saturated rings. The summed E-state index contributed by atoms with van der Waals surface area (Å²) in [5, 5.41) is 15.1. The molecule has 1 rings (SSSR count). The van der Waals surface area contributed by atoms with E-state index in [2.05, 4.69) is 15.6 Å². The van der Waals surface area contributed by atoms with Gasteiger partial charge >= 0.3 is 11.8 Å². The van der Waals surface area contributed by atoms with Crippen LogP contribution in [0.4, 0.5) is 10.6 Å². The fourth-order valence-corrected chi connectivity index (χ4v) is 1.35. The van der Waals surface area contributed by atoms with E-state index in [1.54, 1.807) is 13.8 Å². The Balaban J connectivity index is 2.83. The second kappa shape index (κ2) is 5.89. The van der Waals surface area contributed by atoms with Crippen molar-refractivity contribution in [3.63, 3.8) is 0 Å². The van der Waals surface area contributed by atoms with Crippen LogP contribution in [-0.2, 0) is 0 Å². The molecule has 0 aliphatic rings. The molecule has 2 N–H and O–H groups in total. The highest BCUT2D eigenvalue weighted by molar-refractivity contribution is 6.04. The van der Waals surface area contributed by atoms with E-state index < -0.39 is 16.9 Å². The average Bonchev–Trinajstić information content (AvgIpc) is 2.26. The van der Waals surface area contributed by atoms with E-state index in [1.807, 2.05) is 0 Å². The molecule has 102 valence electrons. The minimum Gasteiger partial charge on any atom is -0.358 e. The molecule has 0 atom stereocenters. The van der Waals surface area contributed by atoms with Crippen LogP contribution in [0.25, 0.3) is 0 Å². The van der Waals surface area contributed by atoms with Gasteiger partial charge in [0.15, 0.2) is 6.20 Å². The Morgan fingerprint density at radius 3 is 2.53 bits per heavy atom. The van der Waals surface area contributed by atoms with Crippen molar-refractivity contribution in [3.05, 3.63) is 33.5 Å². The smallest absolute Gasteiger partial charge is 0.358 e. The van der Waals surface area contributed by atoms with Gasteiger partial charge in [0.2, 0.25) is 0 Å². The molecule has 0 aliphatic heterocycles. The van der Waals surface area contributed by atoms with E-state index in [0.717, 1.165) is 6.20 Å². The summed E-state index contributed by atoms with van der Waals surface area (Å²) in [6, 6.07) is 0.441. The molecule has 0 aliphatic carbocycles. The van der Waals surface area contributed by atoms with E-state index in [0.29, 0.717) is 5.56 Å². The number of hydrogen-bond donors (Lipinski definition) is 2. The topological polar surface area (TPSA) is 114 Å². The molecule has 0 unspecified atom stereocenters. The van der Waals surface area contributed by atoms with Crippen LogP contribution >= 0.6 is 0 Å². The molecule has 8 nitrogen and oxygen atoms in total. The SMILES string of the molecule is Cc1cc([N+](=O)[O-])ncc1C(=O)NC(=O)NC(C)C. The lowest BCUT2D eigenvalue weighted by molar-refractivity contribution is -0.389. The molecular formula is C11H14N4O4. The third-order valence-corrected chi connectivity index (χ3v) is 2.17.